The van der Waals surface area contributed by atoms with Gasteiger partial charge in [0.15, 0.2) is 0 Å². The molecule has 2 aromatic carbocycles. The minimum absolute atomic E-state index is 0.840. The topological polar surface area (TPSA) is 28.0 Å². The third kappa shape index (κ3) is 3.32. The summed E-state index contributed by atoms with van der Waals surface area (Å²) in [6.07, 6.45) is 0. The van der Waals surface area contributed by atoms with Crippen LogP contribution in [0.3, 0.4) is 0 Å². The van der Waals surface area contributed by atoms with E-state index in [4.69, 9.17) is 0 Å². The summed E-state index contributed by atoms with van der Waals surface area (Å²) in [6.45, 7) is 5.94. The summed E-state index contributed by atoms with van der Waals surface area (Å²) >= 11 is 0. The number of hydrogen-bond donors (Lipinski definition) is 0. The molecule has 0 aromatic heterocycles. The van der Waals surface area contributed by atoms with Crippen molar-refractivity contribution in [2.75, 3.05) is 19.0 Å². The average Bonchev–Trinajstić information content (AvgIpc) is 2.45. The van der Waals surface area contributed by atoms with Crippen LogP contribution in [-0.4, -0.2) is 14.1 Å². The van der Waals surface area contributed by atoms with Gasteiger partial charge in [-0.2, -0.15) is 5.11 Å². The highest BCUT2D eigenvalue weighted by molar-refractivity contribution is 5.71. The largest absolute Gasteiger partial charge is 0.378 e. The van der Waals surface area contributed by atoms with Crippen LogP contribution in [0.2, 0.25) is 0 Å². The Balaban J connectivity index is 2.23. The molecule has 0 radical (unpaired) electrons. The van der Waals surface area contributed by atoms with E-state index in [9.17, 15) is 0 Å². The minimum Gasteiger partial charge on any atom is -0.378 e. The summed E-state index contributed by atoms with van der Waals surface area (Å²) in [5, 5.41) is 8.61. The lowest BCUT2D eigenvalue weighted by molar-refractivity contribution is 1.13. The summed E-state index contributed by atoms with van der Waals surface area (Å²) < 4.78 is 0. The molecule has 102 valence electrons. The Bertz CT molecular complexity index is 625. The first kappa shape index (κ1) is 14.0. The van der Waals surface area contributed by atoms with Gasteiger partial charge in [0.05, 0.1) is 11.4 Å². The lowest BCUT2D eigenvalue weighted by atomic mass is 10.1. The normalized spacial score (nSPS) is 10.8. The van der Waals surface area contributed by atoms with Crippen LogP contribution in [0.4, 0.5) is 17.1 Å². The molecule has 0 aliphatic carbocycles. The van der Waals surface area contributed by atoms with Crippen molar-refractivity contribution in [3.63, 3.8) is 0 Å². The van der Waals surface area contributed by atoms with Crippen LogP contribution in [0.15, 0.2) is 65.3 Å². The average molecular weight is 265 g/mol. The van der Waals surface area contributed by atoms with Gasteiger partial charge in [0.1, 0.15) is 0 Å². The predicted molar refractivity (Wildman–Crippen MR) is 86.1 cm³/mol. The van der Waals surface area contributed by atoms with Crippen molar-refractivity contribution in [2.24, 2.45) is 10.2 Å². The highest BCUT2D eigenvalue weighted by Crippen LogP contribution is 2.27. The summed E-state index contributed by atoms with van der Waals surface area (Å²) in [5.74, 6) is 0. The smallest absolute Gasteiger partial charge is 0.0931 e. The fourth-order valence-corrected chi connectivity index (χ4v) is 1.85. The van der Waals surface area contributed by atoms with Gasteiger partial charge in [-0.05, 0) is 42.8 Å². The number of azo groups is 1. The number of allylic oxidation sites excluding steroid dienone is 1. The van der Waals surface area contributed by atoms with Gasteiger partial charge in [0.25, 0.3) is 0 Å². The van der Waals surface area contributed by atoms with Crippen LogP contribution >= 0.6 is 0 Å². The maximum absolute atomic E-state index is 4.32. The quantitative estimate of drug-likeness (QED) is 0.698. The molecular weight excluding hydrogens is 246 g/mol. The first-order valence-corrected chi connectivity index (χ1v) is 6.52. The maximum Gasteiger partial charge on any atom is 0.0931 e. The van der Waals surface area contributed by atoms with Crippen LogP contribution in [0.1, 0.15) is 12.5 Å². The molecule has 0 saturated carbocycles. The fourth-order valence-electron chi connectivity index (χ4n) is 1.85. The Hall–Kier alpha value is -2.42. The monoisotopic (exact) mass is 265 g/mol. The van der Waals surface area contributed by atoms with Gasteiger partial charge in [-0.1, -0.05) is 24.8 Å². The molecule has 20 heavy (non-hydrogen) atoms. The zero-order valence-electron chi connectivity index (χ0n) is 12.2. The minimum atomic E-state index is 0.840. The van der Waals surface area contributed by atoms with E-state index in [1.54, 1.807) is 0 Å². The molecule has 0 atom stereocenters. The van der Waals surface area contributed by atoms with Crippen molar-refractivity contribution in [1.82, 2.24) is 0 Å². The van der Waals surface area contributed by atoms with Crippen molar-refractivity contribution >= 4 is 22.6 Å². The standard InChI is InChI=1S/C17H19N3/c1-13(2)16-7-5-6-8-17(16)19-18-14-9-11-15(12-10-14)20(3)4/h5-12H,1H2,2-4H3. The van der Waals surface area contributed by atoms with E-state index < -0.39 is 0 Å². The van der Waals surface area contributed by atoms with E-state index >= 15 is 0 Å². The van der Waals surface area contributed by atoms with Gasteiger partial charge >= 0.3 is 0 Å². The Morgan fingerprint density at radius 2 is 1.60 bits per heavy atom. The summed E-state index contributed by atoms with van der Waals surface area (Å²) in [5.41, 5.74) is 4.85. The van der Waals surface area contributed by atoms with E-state index in [1.165, 1.54) is 0 Å². The molecule has 0 bridgehead atoms. The van der Waals surface area contributed by atoms with Gasteiger partial charge < -0.3 is 4.90 Å². The van der Waals surface area contributed by atoms with Crippen LogP contribution < -0.4 is 4.90 Å². The predicted octanol–water partition coefficient (Wildman–Crippen LogP) is 5.20. The molecule has 0 amide bonds. The van der Waals surface area contributed by atoms with E-state index in [1.807, 2.05) is 69.6 Å². The van der Waals surface area contributed by atoms with Crippen LogP contribution in [0.25, 0.3) is 5.57 Å². The SMILES string of the molecule is C=C(C)c1ccccc1N=Nc1ccc(N(C)C)cc1. The first-order chi connectivity index (χ1) is 9.58. The van der Waals surface area contributed by atoms with Gasteiger partial charge in [0.2, 0.25) is 0 Å². The number of hydrogen-bond acceptors (Lipinski definition) is 3. The molecule has 3 nitrogen and oxygen atoms in total. The number of nitrogens with zero attached hydrogens (tertiary/aromatic N) is 3. The Morgan fingerprint density at radius 1 is 0.950 bits per heavy atom. The fraction of sp³-hybridized carbons (Fsp3) is 0.176. The van der Waals surface area contributed by atoms with Crippen LogP contribution in [0.5, 0.6) is 0 Å². The van der Waals surface area contributed by atoms with E-state index in [2.05, 4.69) is 21.7 Å². The van der Waals surface area contributed by atoms with Gasteiger partial charge in [-0.25, -0.2) is 0 Å². The third-order valence-corrected chi connectivity index (χ3v) is 3.00. The molecule has 2 aromatic rings. The van der Waals surface area contributed by atoms with Gasteiger partial charge in [-0.3, -0.25) is 0 Å². The number of anilines is 1. The Kier molecular flexibility index (Phi) is 4.31. The van der Waals surface area contributed by atoms with Gasteiger partial charge in [-0.15, -0.1) is 5.11 Å². The molecule has 0 saturated heterocycles. The lowest BCUT2D eigenvalue weighted by Crippen LogP contribution is -2.07. The molecule has 0 aliphatic heterocycles. The molecule has 0 spiro atoms. The molecule has 2 rings (SSSR count). The van der Waals surface area contributed by atoms with Crippen molar-refractivity contribution in [3.8, 4) is 0 Å². The first-order valence-electron chi connectivity index (χ1n) is 6.52. The zero-order chi connectivity index (χ0) is 14.5. The second-order valence-corrected chi connectivity index (χ2v) is 4.91. The summed E-state index contributed by atoms with van der Waals surface area (Å²) in [6, 6.07) is 15.9. The summed E-state index contributed by atoms with van der Waals surface area (Å²) in [7, 11) is 4.03. The second kappa shape index (κ2) is 6.15. The molecule has 3 heteroatoms. The molecule has 0 heterocycles. The lowest BCUT2D eigenvalue weighted by Gasteiger charge is -2.11. The van der Waals surface area contributed by atoms with E-state index in [-0.39, 0.29) is 0 Å². The van der Waals surface area contributed by atoms with Crippen molar-refractivity contribution < 1.29 is 0 Å². The highest BCUT2D eigenvalue weighted by Gasteiger charge is 2.01. The van der Waals surface area contributed by atoms with Crippen molar-refractivity contribution in [1.29, 1.82) is 0 Å². The second-order valence-electron chi connectivity index (χ2n) is 4.91. The van der Waals surface area contributed by atoms with E-state index in [0.717, 1.165) is 28.2 Å². The Morgan fingerprint density at radius 3 is 2.20 bits per heavy atom. The molecular formula is C17H19N3. The van der Waals surface area contributed by atoms with Crippen molar-refractivity contribution in [3.05, 3.63) is 60.7 Å². The van der Waals surface area contributed by atoms with Crippen LogP contribution in [0, 0.1) is 0 Å². The molecule has 0 unspecified atom stereocenters. The number of benzene rings is 2. The maximum atomic E-state index is 4.32. The van der Waals surface area contributed by atoms with Crippen molar-refractivity contribution in [2.45, 2.75) is 6.92 Å². The Labute approximate surface area is 120 Å². The third-order valence-electron chi connectivity index (χ3n) is 3.00. The van der Waals surface area contributed by atoms with E-state index in [0.29, 0.717) is 0 Å². The molecule has 0 N–H and O–H groups in total. The highest BCUT2D eigenvalue weighted by atomic mass is 15.1. The molecule has 0 aliphatic rings. The van der Waals surface area contributed by atoms with Gasteiger partial charge in [0, 0.05) is 25.3 Å². The van der Waals surface area contributed by atoms with Crippen LogP contribution in [-0.2, 0) is 0 Å². The zero-order valence-corrected chi connectivity index (χ0v) is 12.2. The summed E-state index contributed by atoms with van der Waals surface area (Å²) in [4.78, 5) is 2.05. The molecule has 0 fully saturated rings. The number of rotatable bonds is 4.